The van der Waals surface area contributed by atoms with Crippen molar-refractivity contribution in [2.24, 2.45) is 0 Å². The first-order valence-electron chi connectivity index (χ1n) is 3.75. The smallest absolute Gasteiger partial charge is 0.253 e. The summed E-state index contributed by atoms with van der Waals surface area (Å²) in [5.74, 6) is 0.0231. The lowest BCUT2D eigenvalue weighted by atomic mass is 10.1. The van der Waals surface area contributed by atoms with Crippen LogP contribution in [0.3, 0.4) is 0 Å². The lowest BCUT2D eigenvalue weighted by Crippen LogP contribution is -2.22. The summed E-state index contributed by atoms with van der Waals surface area (Å²) in [7, 11) is 3.48. The highest BCUT2D eigenvalue weighted by atomic mass is 16.2. The Morgan fingerprint density at radius 3 is 2.67 bits per heavy atom. The first-order valence-corrected chi connectivity index (χ1v) is 3.75. The Labute approximate surface area is 72.0 Å². The minimum atomic E-state index is 0.0231. The van der Waals surface area contributed by atoms with Crippen molar-refractivity contribution in [1.82, 2.24) is 9.88 Å². The fourth-order valence-corrected chi connectivity index (χ4v) is 0.954. The summed E-state index contributed by atoms with van der Waals surface area (Å²) < 4.78 is 0. The van der Waals surface area contributed by atoms with E-state index >= 15 is 0 Å². The molecule has 1 heterocycles. The normalized spacial score (nSPS) is 9.58. The topological polar surface area (TPSA) is 33.2 Å². The van der Waals surface area contributed by atoms with Crippen molar-refractivity contribution in [2.45, 2.75) is 6.92 Å². The maximum absolute atomic E-state index is 11.5. The van der Waals surface area contributed by atoms with Crippen LogP contribution in [0.25, 0.3) is 0 Å². The first kappa shape index (κ1) is 8.71. The Bertz CT molecular complexity index is 294. The average molecular weight is 164 g/mol. The van der Waals surface area contributed by atoms with Gasteiger partial charge in [-0.25, -0.2) is 0 Å². The van der Waals surface area contributed by atoms with Crippen molar-refractivity contribution in [3.8, 4) is 0 Å². The van der Waals surface area contributed by atoms with E-state index in [0.29, 0.717) is 0 Å². The molecule has 0 spiro atoms. The molecule has 1 aromatic rings. The molecule has 0 saturated carbocycles. The summed E-state index contributed by atoms with van der Waals surface area (Å²) in [6, 6.07) is 1.73. The molecule has 0 saturated heterocycles. The zero-order chi connectivity index (χ0) is 9.14. The third kappa shape index (κ3) is 1.61. The fourth-order valence-electron chi connectivity index (χ4n) is 0.954. The van der Waals surface area contributed by atoms with Gasteiger partial charge in [0.25, 0.3) is 5.91 Å². The predicted octanol–water partition coefficient (Wildman–Crippen LogP) is 1.09. The Morgan fingerprint density at radius 2 is 2.17 bits per heavy atom. The molecule has 1 aromatic heterocycles. The molecule has 1 amide bonds. The van der Waals surface area contributed by atoms with Gasteiger partial charge in [0.05, 0.1) is 0 Å². The molecule has 1 rings (SSSR count). The van der Waals surface area contributed by atoms with Gasteiger partial charge in [0.1, 0.15) is 0 Å². The minimum Gasteiger partial charge on any atom is -0.345 e. The van der Waals surface area contributed by atoms with Gasteiger partial charge in [0.15, 0.2) is 0 Å². The van der Waals surface area contributed by atoms with Crippen molar-refractivity contribution in [2.75, 3.05) is 14.1 Å². The van der Waals surface area contributed by atoms with E-state index < -0.39 is 0 Å². The largest absolute Gasteiger partial charge is 0.345 e. The van der Waals surface area contributed by atoms with Gasteiger partial charge in [0.2, 0.25) is 0 Å². The molecule has 0 aliphatic heterocycles. The molecule has 0 aliphatic rings. The molecule has 64 valence electrons. The third-order valence-corrected chi connectivity index (χ3v) is 1.66. The molecule has 0 radical (unpaired) electrons. The highest BCUT2D eigenvalue weighted by Gasteiger charge is 2.09. The number of hydrogen-bond donors (Lipinski definition) is 0. The van der Waals surface area contributed by atoms with Gasteiger partial charge in [-0.15, -0.1) is 0 Å². The van der Waals surface area contributed by atoms with E-state index in [4.69, 9.17) is 0 Å². The molecule has 3 nitrogen and oxygen atoms in total. The zero-order valence-electron chi connectivity index (χ0n) is 7.53. The van der Waals surface area contributed by atoms with Gasteiger partial charge in [-0.1, -0.05) is 0 Å². The van der Waals surface area contributed by atoms with E-state index in [1.807, 2.05) is 6.92 Å². The number of carbonyl (C=O) groups is 1. The van der Waals surface area contributed by atoms with Crippen LogP contribution in [-0.2, 0) is 0 Å². The van der Waals surface area contributed by atoms with E-state index in [0.717, 1.165) is 11.1 Å². The third-order valence-electron chi connectivity index (χ3n) is 1.66. The van der Waals surface area contributed by atoms with Crippen molar-refractivity contribution in [1.29, 1.82) is 0 Å². The Hall–Kier alpha value is -1.38. The van der Waals surface area contributed by atoms with E-state index in [1.54, 1.807) is 37.5 Å². The molecule has 0 unspecified atom stereocenters. The summed E-state index contributed by atoms with van der Waals surface area (Å²) in [5, 5.41) is 0. The summed E-state index contributed by atoms with van der Waals surface area (Å²) in [6.45, 7) is 1.88. The number of hydrogen-bond acceptors (Lipinski definition) is 2. The quantitative estimate of drug-likeness (QED) is 0.622. The lowest BCUT2D eigenvalue weighted by molar-refractivity contribution is 0.0827. The number of amides is 1. The Kier molecular flexibility index (Phi) is 2.43. The van der Waals surface area contributed by atoms with E-state index in [1.165, 1.54) is 0 Å². The van der Waals surface area contributed by atoms with E-state index in [-0.39, 0.29) is 5.91 Å². The first-order chi connectivity index (χ1) is 5.63. The van der Waals surface area contributed by atoms with Crippen LogP contribution in [0.1, 0.15) is 15.9 Å². The molecular weight excluding hydrogens is 152 g/mol. The molecule has 0 atom stereocenters. The summed E-state index contributed by atoms with van der Waals surface area (Å²) in [4.78, 5) is 16.9. The van der Waals surface area contributed by atoms with Crippen molar-refractivity contribution in [3.63, 3.8) is 0 Å². The average Bonchev–Trinajstić information content (AvgIpc) is 2.04. The van der Waals surface area contributed by atoms with Crippen LogP contribution in [0.4, 0.5) is 0 Å². The highest BCUT2D eigenvalue weighted by Crippen LogP contribution is 2.06. The Balaban J connectivity index is 3.03. The van der Waals surface area contributed by atoms with Gasteiger partial charge in [-0.2, -0.15) is 0 Å². The predicted molar refractivity (Wildman–Crippen MR) is 47.0 cm³/mol. The number of pyridine rings is 1. The molecule has 3 heteroatoms. The SMILES string of the molecule is Cc1cnccc1C(=O)N(C)C. The lowest BCUT2D eigenvalue weighted by Gasteiger charge is -2.11. The van der Waals surface area contributed by atoms with Crippen molar-refractivity contribution < 1.29 is 4.79 Å². The van der Waals surface area contributed by atoms with Crippen LogP contribution < -0.4 is 0 Å². The maximum atomic E-state index is 11.5. The minimum absolute atomic E-state index is 0.0231. The molecule has 12 heavy (non-hydrogen) atoms. The molecule has 0 aliphatic carbocycles. The summed E-state index contributed by atoms with van der Waals surface area (Å²) in [5.41, 5.74) is 1.63. The van der Waals surface area contributed by atoms with Crippen molar-refractivity contribution >= 4 is 5.91 Å². The maximum Gasteiger partial charge on any atom is 0.253 e. The van der Waals surface area contributed by atoms with Gasteiger partial charge >= 0.3 is 0 Å². The number of aryl methyl sites for hydroxylation is 1. The molecule has 0 aromatic carbocycles. The fraction of sp³-hybridized carbons (Fsp3) is 0.333. The van der Waals surface area contributed by atoms with Crippen LogP contribution in [0.15, 0.2) is 18.5 Å². The van der Waals surface area contributed by atoms with E-state index in [2.05, 4.69) is 4.98 Å². The molecule has 0 N–H and O–H groups in total. The number of aromatic nitrogens is 1. The van der Waals surface area contributed by atoms with Gasteiger partial charge in [-0.3, -0.25) is 9.78 Å². The zero-order valence-corrected chi connectivity index (χ0v) is 7.53. The molecule has 0 bridgehead atoms. The van der Waals surface area contributed by atoms with Crippen LogP contribution >= 0.6 is 0 Å². The number of nitrogens with zero attached hydrogens (tertiary/aromatic N) is 2. The second-order valence-corrected chi connectivity index (χ2v) is 2.89. The molecule has 0 fully saturated rings. The van der Waals surface area contributed by atoms with Crippen LogP contribution in [0.2, 0.25) is 0 Å². The van der Waals surface area contributed by atoms with Gasteiger partial charge < -0.3 is 4.90 Å². The standard InChI is InChI=1S/C9H12N2O/c1-7-6-10-5-4-8(7)9(12)11(2)3/h4-6H,1-3H3. The summed E-state index contributed by atoms with van der Waals surface area (Å²) >= 11 is 0. The monoisotopic (exact) mass is 164 g/mol. The van der Waals surface area contributed by atoms with Crippen molar-refractivity contribution in [3.05, 3.63) is 29.6 Å². The highest BCUT2D eigenvalue weighted by molar-refractivity contribution is 5.95. The van der Waals surface area contributed by atoms with Crippen LogP contribution in [0.5, 0.6) is 0 Å². The molecular formula is C9H12N2O. The number of carbonyl (C=O) groups excluding carboxylic acids is 1. The Morgan fingerprint density at radius 1 is 1.50 bits per heavy atom. The van der Waals surface area contributed by atoms with E-state index in [9.17, 15) is 4.79 Å². The number of rotatable bonds is 1. The van der Waals surface area contributed by atoms with Gasteiger partial charge in [0, 0.05) is 32.1 Å². The van der Waals surface area contributed by atoms with Crippen LogP contribution in [0, 0.1) is 6.92 Å². The van der Waals surface area contributed by atoms with Crippen LogP contribution in [-0.4, -0.2) is 29.9 Å². The second kappa shape index (κ2) is 3.34. The second-order valence-electron chi connectivity index (χ2n) is 2.89. The van der Waals surface area contributed by atoms with Gasteiger partial charge in [-0.05, 0) is 18.6 Å². The summed E-state index contributed by atoms with van der Waals surface area (Å²) in [6.07, 6.45) is 3.32.